The number of carbonyl (C=O) groups excluding carboxylic acids is 1. The monoisotopic (exact) mass is 275 g/mol. The predicted octanol–water partition coefficient (Wildman–Crippen LogP) is 2.43. The van der Waals surface area contributed by atoms with Crippen LogP contribution >= 0.6 is 0 Å². The molecule has 1 aliphatic heterocycles. The van der Waals surface area contributed by atoms with Crippen molar-refractivity contribution in [2.45, 2.75) is 45.6 Å². The Morgan fingerprint density at radius 2 is 2.45 bits per heavy atom. The first kappa shape index (κ1) is 15.0. The van der Waals surface area contributed by atoms with Crippen LogP contribution in [0, 0.1) is 5.41 Å². The van der Waals surface area contributed by atoms with Crippen molar-refractivity contribution in [2.75, 3.05) is 13.1 Å². The molecule has 1 fully saturated rings. The molecule has 2 N–H and O–H groups in total. The average molecular weight is 275 g/mol. The van der Waals surface area contributed by atoms with Gasteiger partial charge in [0.1, 0.15) is 0 Å². The quantitative estimate of drug-likeness (QED) is 0.867. The molecule has 0 aromatic carbocycles. The second-order valence-corrected chi connectivity index (χ2v) is 5.79. The first-order valence-electron chi connectivity index (χ1n) is 7.59. The Hall–Kier alpha value is -1.42. The van der Waals surface area contributed by atoms with Crippen LogP contribution in [0.2, 0.25) is 0 Å². The molecule has 1 aromatic rings. The summed E-state index contributed by atoms with van der Waals surface area (Å²) in [6.07, 6.45) is 7.62. The Morgan fingerprint density at radius 1 is 1.60 bits per heavy atom. The Labute approximate surface area is 121 Å². The number of amides is 1. The van der Waals surface area contributed by atoms with Crippen molar-refractivity contribution in [1.29, 1.82) is 0 Å². The minimum absolute atomic E-state index is 0.00635. The van der Waals surface area contributed by atoms with Crippen molar-refractivity contribution >= 4 is 5.91 Å². The molecule has 0 bridgehead atoms. The number of carbonyl (C=O) groups is 1. The number of aromatic nitrogens is 1. The second-order valence-electron chi connectivity index (χ2n) is 5.79. The number of nitrogens with zero attached hydrogens (tertiary/aromatic N) is 1. The van der Waals surface area contributed by atoms with Crippen LogP contribution in [0.1, 0.15) is 51.1 Å². The molecule has 1 aliphatic rings. The minimum atomic E-state index is -0.233. The highest BCUT2D eigenvalue weighted by atomic mass is 16.2. The van der Waals surface area contributed by atoms with Gasteiger partial charge in [0, 0.05) is 18.9 Å². The molecule has 1 amide bonds. The second kappa shape index (κ2) is 6.84. The van der Waals surface area contributed by atoms with Crippen LogP contribution in [0.25, 0.3) is 0 Å². The van der Waals surface area contributed by atoms with E-state index in [4.69, 9.17) is 0 Å². The smallest absolute Gasteiger partial charge is 0.227 e. The molecule has 0 saturated carbocycles. The molecule has 2 rings (SSSR count). The fourth-order valence-corrected chi connectivity index (χ4v) is 3.03. The van der Waals surface area contributed by atoms with E-state index in [9.17, 15) is 4.79 Å². The molecule has 4 heteroatoms. The summed E-state index contributed by atoms with van der Waals surface area (Å²) in [6.45, 7) is 5.99. The zero-order valence-corrected chi connectivity index (χ0v) is 12.5. The molecule has 2 atom stereocenters. The summed E-state index contributed by atoms with van der Waals surface area (Å²) in [6, 6.07) is 3.91. The minimum Gasteiger partial charge on any atom is -0.349 e. The number of hydrogen-bond acceptors (Lipinski definition) is 3. The summed E-state index contributed by atoms with van der Waals surface area (Å²) < 4.78 is 0. The molecule has 2 heterocycles. The predicted molar refractivity (Wildman–Crippen MR) is 80.2 cm³/mol. The van der Waals surface area contributed by atoms with Crippen LogP contribution in [0.5, 0.6) is 0 Å². The highest BCUT2D eigenvalue weighted by Crippen LogP contribution is 2.32. The summed E-state index contributed by atoms with van der Waals surface area (Å²) in [5.41, 5.74) is 0.819. The standard InChI is InChI=1S/C16H25N3O/c1-3-7-16(8-5-10-18-12-16)15(20)19-13(2)14-6-4-9-17-11-14/h4,6,9,11,13,18H,3,5,7-8,10,12H2,1-2H3,(H,19,20). The van der Waals surface area contributed by atoms with E-state index in [0.717, 1.165) is 44.3 Å². The fraction of sp³-hybridized carbons (Fsp3) is 0.625. The Balaban J connectivity index is 2.05. The lowest BCUT2D eigenvalue weighted by Gasteiger charge is -2.37. The van der Waals surface area contributed by atoms with Gasteiger partial charge in [0.15, 0.2) is 0 Å². The Morgan fingerprint density at radius 3 is 3.05 bits per heavy atom. The molecule has 0 radical (unpaired) electrons. The molecular weight excluding hydrogens is 250 g/mol. The lowest BCUT2D eigenvalue weighted by molar-refractivity contribution is -0.133. The van der Waals surface area contributed by atoms with E-state index in [0.29, 0.717) is 0 Å². The highest BCUT2D eigenvalue weighted by Gasteiger charge is 2.39. The summed E-state index contributed by atoms with van der Waals surface area (Å²) >= 11 is 0. The number of pyridine rings is 1. The molecule has 1 aromatic heterocycles. The van der Waals surface area contributed by atoms with Crippen LogP contribution in [-0.2, 0) is 4.79 Å². The van der Waals surface area contributed by atoms with Crippen molar-refractivity contribution in [3.63, 3.8) is 0 Å². The van der Waals surface area contributed by atoms with Crippen LogP contribution in [0.4, 0.5) is 0 Å². The molecule has 4 nitrogen and oxygen atoms in total. The lowest BCUT2D eigenvalue weighted by atomic mass is 9.76. The zero-order chi connectivity index (χ0) is 14.4. The average Bonchev–Trinajstić information content (AvgIpc) is 2.49. The van der Waals surface area contributed by atoms with Gasteiger partial charge in [-0.15, -0.1) is 0 Å². The van der Waals surface area contributed by atoms with Crippen molar-refractivity contribution in [3.05, 3.63) is 30.1 Å². The van der Waals surface area contributed by atoms with Gasteiger partial charge in [-0.3, -0.25) is 9.78 Å². The first-order chi connectivity index (χ1) is 9.68. The maximum absolute atomic E-state index is 12.7. The van der Waals surface area contributed by atoms with Gasteiger partial charge in [-0.05, 0) is 44.4 Å². The number of hydrogen-bond donors (Lipinski definition) is 2. The number of piperidine rings is 1. The molecule has 0 aliphatic carbocycles. The van der Waals surface area contributed by atoms with E-state index in [1.54, 1.807) is 6.20 Å². The van der Waals surface area contributed by atoms with Crippen molar-refractivity contribution in [2.24, 2.45) is 5.41 Å². The first-order valence-corrected chi connectivity index (χ1v) is 7.59. The zero-order valence-electron chi connectivity index (χ0n) is 12.5. The largest absolute Gasteiger partial charge is 0.349 e. The third kappa shape index (κ3) is 3.37. The van der Waals surface area contributed by atoms with E-state index in [-0.39, 0.29) is 17.4 Å². The third-order valence-corrected chi connectivity index (χ3v) is 4.21. The maximum Gasteiger partial charge on any atom is 0.227 e. The Kier molecular flexibility index (Phi) is 5.12. The summed E-state index contributed by atoms with van der Waals surface area (Å²) in [5, 5.41) is 6.55. The van der Waals surface area contributed by atoms with Crippen LogP contribution in [0.15, 0.2) is 24.5 Å². The van der Waals surface area contributed by atoms with Gasteiger partial charge in [0.25, 0.3) is 0 Å². The fourth-order valence-electron chi connectivity index (χ4n) is 3.03. The van der Waals surface area contributed by atoms with Gasteiger partial charge in [0.05, 0.1) is 11.5 Å². The van der Waals surface area contributed by atoms with Gasteiger partial charge < -0.3 is 10.6 Å². The van der Waals surface area contributed by atoms with Gasteiger partial charge >= 0.3 is 0 Å². The van der Waals surface area contributed by atoms with Crippen molar-refractivity contribution < 1.29 is 4.79 Å². The van der Waals surface area contributed by atoms with Crippen LogP contribution < -0.4 is 10.6 Å². The highest BCUT2D eigenvalue weighted by molar-refractivity contribution is 5.83. The normalized spacial score (nSPS) is 24.1. The lowest BCUT2D eigenvalue weighted by Crippen LogP contribution is -2.50. The van der Waals surface area contributed by atoms with Gasteiger partial charge in [-0.2, -0.15) is 0 Å². The van der Waals surface area contributed by atoms with Crippen LogP contribution in [-0.4, -0.2) is 24.0 Å². The van der Waals surface area contributed by atoms with Crippen molar-refractivity contribution in [1.82, 2.24) is 15.6 Å². The molecule has 110 valence electrons. The van der Waals surface area contributed by atoms with Gasteiger partial charge in [-0.1, -0.05) is 19.4 Å². The molecule has 2 unspecified atom stereocenters. The SMILES string of the molecule is CCCC1(C(=O)NC(C)c2cccnc2)CCCNC1. The number of nitrogens with one attached hydrogen (secondary N) is 2. The third-order valence-electron chi connectivity index (χ3n) is 4.21. The summed E-state index contributed by atoms with van der Waals surface area (Å²) in [4.78, 5) is 16.8. The van der Waals surface area contributed by atoms with E-state index in [1.807, 2.05) is 25.3 Å². The maximum atomic E-state index is 12.7. The van der Waals surface area contributed by atoms with E-state index >= 15 is 0 Å². The summed E-state index contributed by atoms with van der Waals surface area (Å²) in [5.74, 6) is 0.183. The molecule has 0 spiro atoms. The van der Waals surface area contributed by atoms with E-state index in [2.05, 4.69) is 22.5 Å². The molecule has 20 heavy (non-hydrogen) atoms. The van der Waals surface area contributed by atoms with Gasteiger partial charge in [0.2, 0.25) is 5.91 Å². The summed E-state index contributed by atoms with van der Waals surface area (Å²) in [7, 11) is 0. The van der Waals surface area contributed by atoms with E-state index in [1.165, 1.54) is 0 Å². The van der Waals surface area contributed by atoms with E-state index < -0.39 is 0 Å². The van der Waals surface area contributed by atoms with Crippen LogP contribution in [0.3, 0.4) is 0 Å². The molecule has 1 saturated heterocycles. The van der Waals surface area contributed by atoms with Gasteiger partial charge in [-0.25, -0.2) is 0 Å². The molecular formula is C16H25N3O. The number of rotatable bonds is 5. The van der Waals surface area contributed by atoms with Crippen molar-refractivity contribution in [3.8, 4) is 0 Å². The Bertz CT molecular complexity index is 421. The topological polar surface area (TPSA) is 54.0 Å².